The van der Waals surface area contributed by atoms with Crippen molar-refractivity contribution < 1.29 is 13.6 Å². The van der Waals surface area contributed by atoms with Crippen molar-refractivity contribution in [3.63, 3.8) is 0 Å². The third kappa shape index (κ3) is 6.32. The number of carbonyl (C=O) groups excluding carboxylic acids is 1. The predicted octanol–water partition coefficient (Wildman–Crippen LogP) is 5.44. The van der Waals surface area contributed by atoms with E-state index in [-0.39, 0.29) is 47.3 Å². The summed E-state index contributed by atoms with van der Waals surface area (Å²) in [6.07, 6.45) is 2.11. The fourth-order valence-electron chi connectivity index (χ4n) is 5.65. The van der Waals surface area contributed by atoms with Crippen molar-refractivity contribution in [2.75, 3.05) is 38.0 Å². The molecule has 2 aliphatic rings. The molecule has 1 amide bonds. The van der Waals surface area contributed by atoms with E-state index >= 15 is 0 Å². The SMILES string of the molecule is CC=CN1CC(NC(=O)c2c(Cl)nc(CNc3n[nH]c4cc(Cl)c(C(C)(C)C)cc34)n2[C@H]2CCN(CC(F)F)C2)C1. The lowest BCUT2D eigenvalue weighted by atomic mass is 9.86. The van der Waals surface area contributed by atoms with Gasteiger partial charge in [0.2, 0.25) is 0 Å². The standard InChI is InChI=1S/C28H36Cl2F2N8O/c1-5-7-38-12-16(13-38)34-27(41)24-25(30)35-23(40(24)17-6-8-39(14-17)15-22(31)32)11-33-26-18-9-19(28(2,3)4)20(29)10-21(18)36-37-26/h5,7,9-10,16-17,22H,6,8,11-15H2,1-4H3,(H,34,41)(H2,33,36,37)/t17-/m0/s1. The third-order valence-electron chi connectivity index (χ3n) is 7.64. The zero-order valence-corrected chi connectivity index (χ0v) is 25.2. The molecule has 9 nitrogen and oxygen atoms in total. The molecule has 0 spiro atoms. The Morgan fingerprint density at radius 1 is 1.24 bits per heavy atom. The predicted molar refractivity (Wildman–Crippen MR) is 158 cm³/mol. The van der Waals surface area contributed by atoms with Gasteiger partial charge in [0.15, 0.2) is 11.0 Å². The number of hydrogen-bond donors (Lipinski definition) is 3. The number of nitrogens with zero attached hydrogens (tertiary/aromatic N) is 5. The van der Waals surface area contributed by atoms with E-state index in [1.807, 2.05) is 35.9 Å². The number of aromatic nitrogens is 4. The third-order valence-corrected chi connectivity index (χ3v) is 8.22. The number of imidazole rings is 1. The molecule has 1 aromatic carbocycles. The number of rotatable bonds is 9. The largest absolute Gasteiger partial charge is 0.373 e. The highest BCUT2D eigenvalue weighted by Gasteiger charge is 2.34. The minimum atomic E-state index is -2.43. The molecule has 0 saturated carbocycles. The van der Waals surface area contributed by atoms with Crippen molar-refractivity contribution in [2.24, 2.45) is 0 Å². The van der Waals surface area contributed by atoms with Crippen LogP contribution in [-0.2, 0) is 12.0 Å². The van der Waals surface area contributed by atoms with Gasteiger partial charge in [-0.1, -0.05) is 50.0 Å². The minimum absolute atomic E-state index is 0.0159. The number of aromatic amines is 1. The summed E-state index contributed by atoms with van der Waals surface area (Å²) in [6.45, 7) is 10.4. The molecule has 1 atom stereocenters. The molecule has 222 valence electrons. The van der Waals surface area contributed by atoms with Crippen LogP contribution in [-0.4, -0.2) is 80.6 Å². The number of amides is 1. The summed E-state index contributed by atoms with van der Waals surface area (Å²) in [6, 6.07) is 3.65. The van der Waals surface area contributed by atoms with Crippen LogP contribution in [0.2, 0.25) is 10.2 Å². The zero-order chi connectivity index (χ0) is 29.5. The fraction of sp³-hybridized carbons (Fsp3) is 0.536. The smallest absolute Gasteiger partial charge is 0.271 e. The molecule has 3 N–H and O–H groups in total. The van der Waals surface area contributed by atoms with Crippen molar-refractivity contribution in [3.8, 4) is 0 Å². The molecule has 0 unspecified atom stereocenters. The van der Waals surface area contributed by atoms with E-state index in [0.717, 1.165) is 16.5 Å². The number of fused-ring (bicyclic) bond motifs is 1. The number of H-pyrrole nitrogens is 1. The van der Waals surface area contributed by atoms with Crippen LogP contribution in [0.5, 0.6) is 0 Å². The summed E-state index contributed by atoms with van der Waals surface area (Å²) in [5.74, 6) is 0.832. The average Bonchev–Trinajstić information content (AvgIpc) is 3.56. The molecule has 2 aliphatic heterocycles. The summed E-state index contributed by atoms with van der Waals surface area (Å²) < 4.78 is 28.1. The molecule has 0 radical (unpaired) electrons. The Morgan fingerprint density at radius 3 is 2.68 bits per heavy atom. The van der Waals surface area contributed by atoms with Gasteiger partial charge >= 0.3 is 0 Å². The van der Waals surface area contributed by atoms with E-state index in [2.05, 4.69) is 51.5 Å². The Morgan fingerprint density at radius 2 is 2.00 bits per heavy atom. The molecule has 2 fully saturated rings. The van der Waals surface area contributed by atoms with Crippen molar-refractivity contribution >= 4 is 45.8 Å². The number of benzene rings is 1. The van der Waals surface area contributed by atoms with E-state index in [1.165, 1.54) is 0 Å². The van der Waals surface area contributed by atoms with E-state index in [1.54, 1.807) is 4.90 Å². The first kappa shape index (κ1) is 29.6. The highest BCUT2D eigenvalue weighted by atomic mass is 35.5. The van der Waals surface area contributed by atoms with Gasteiger partial charge in [0, 0.05) is 42.6 Å². The summed E-state index contributed by atoms with van der Waals surface area (Å²) >= 11 is 13.1. The first-order valence-corrected chi connectivity index (χ1v) is 14.6. The highest BCUT2D eigenvalue weighted by Crippen LogP contribution is 2.35. The molecule has 4 heterocycles. The van der Waals surface area contributed by atoms with E-state index in [9.17, 15) is 13.6 Å². The normalized spacial score (nSPS) is 18.7. The molecule has 2 saturated heterocycles. The number of nitrogens with one attached hydrogen (secondary N) is 3. The number of allylic oxidation sites excluding steroid dienone is 1. The Labute approximate surface area is 248 Å². The molecule has 0 aliphatic carbocycles. The van der Waals surface area contributed by atoms with E-state index in [4.69, 9.17) is 23.2 Å². The van der Waals surface area contributed by atoms with Crippen LogP contribution in [0, 0.1) is 0 Å². The van der Waals surface area contributed by atoms with Crippen LogP contribution in [0.3, 0.4) is 0 Å². The van der Waals surface area contributed by atoms with Crippen molar-refractivity contribution in [3.05, 3.63) is 51.7 Å². The Balaban J connectivity index is 1.42. The Kier molecular flexibility index (Phi) is 8.50. The number of likely N-dealkylation sites (tertiary alicyclic amines) is 2. The zero-order valence-electron chi connectivity index (χ0n) is 23.6. The maximum absolute atomic E-state index is 13.5. The topological polar surface area (TPSA) is 94.1 Å². The number of halogens is 4. The second-order valence-electron chi connectivity index (χ2n) is 11.8. The molecule has 0 bridgehead atoms. The number of hydrogen-bond acceptors (Lipinski definition) is 6. The van der Waals surface area contributed by atoms with Crippen LogP contribution in [0.4, 0.5) is 14.6 Å². The lowest BCUT2D eigenvalue weighted by Gasteiger charge is -2.38. The number of anilines is 1. The lowest BCUT2D eigenvalue weighted by Crippen LogP contribution is -2.57. The summed E-state index contributed by atoms with van der Waals surface area (Å²) in [7, 11) is 0. The Hall–Kier alpha value is -2.89. The molecule has 2 aromatic heterocycles. The molecular formula is C28H36Cl2F2N8O. The minimum Gasteiger partial charge on any atom is -0.373 e. The highest BCUT2D eigenvalue weighted by molar-refractivity contribution is 6.32. The van der Waals surface area contributed by atoms with Gasteiger partial charge in [0.25, 0.3) is 12.3 Å². The first-order valence-electron chi connectivity index (χ1n) is 13.8. The second-order valence-corrected chi connectivity index (χ2v) is 12.6. The van der Waals surface area contributed by atoms with Crippen LogP contribution >= 0.6 is 23.2 Å². The average molecular weight is 610 g/mol. The molecular weight excluding hydrogens is 573 g/mol. The first-order chi connectivity index (χ1) is 19.4. The van der Waals surface area contributed by atoms with Gasteiger partial charge in [0.1, 0.15) is 11.5 Å². The molecule has 13 heteroatoms. The van der Waals surface area contributed by atoms with Crippen LogP contribution < -0.4 is 10.6 Å². The van der Waals surface area contributed by atoms with Gasteiger partial charge in [-0.05, 0) is 42.7 Å². The lowest BCUT2D eigenvalue weighted by molar-refractivity contribution is 0.0860. The van der Waals surface area contributed by atoms with Crippen LogP contribution in [0.25, 0.3) is 10.9 Å². The van der Waals surface area contributed by atoms with E-state index in [0.29, 0.717) is 49.3 Å². The number of carbonyl (C=O) groups is 1. The quantitative estimate of drug-likeness (QED) is 0.300. The van der Waals surface area contributed by atoms with Crippen molar-refractivity contribution in [2.45, 2.75) is 64.6 Å². The maximum Gasteiger partial charge on any atom is 0.271 e. The summed E-state index contributed by atoms with van der Waals surface area (Å²) in [5, 5.41) is 15.5. The fourth-order valence-corrected chi connectivity index (χ4v) is 6.38. The van der Waals surface area contributed by atoms with Gasteiger partial charge in [0.05, 0.1) is 24.6 Å². The maximum atomic E-state index is 13.5. The Bertz CT molecular complexity index is 1440. The van der Waals surface area contributed by atoms with Crippen molar-refractivity contribution in [1.29, 1.82) is 0 Å². The van der Waals surface area contributed by atoms with Crippen LogP contribution in [0.1, 0.15) is 62.0 Å². The van der Waals surface area contributed by atoms with Gasteiger partial charge in [-0.2, -0.15) is 5.10 Å². The van der Waals surface area contributed by atoms with E-state index < -0.39 is 6.43 Å². The number of alkyl halides is 2. The van der Waals surface area contributed by atoms with Gasteiger partial charge < -0.3 is 20.1 Å². The molecule has 5 rings (SSSR count). The van der Waals surface area contributed by atoms with Gasteiger partial charge in [-0.25, -0.2) is 13.8 Å². The second kappa shape index (κ2) is 11.8. The summed E-state index contributed by atoms with van der Waals surface area (Å²) in [4.78, 5) is 21.9. The van der Waals surface area contributed by atoms with Gasteiger partial charge in [-0.15, -0.1) is 0 Å². The monoisotopic (exact) mass is 608 g/mol. The van der Waals surface area contributed by atoms with Crippen molar-refractivity contribution in [1.82, 2.24) is 34.9 Å². The van der Waals surface area contributed by atoms with Gasteiger partial charge in [-0.3, -0.25) is 14.8 Å². The molecule has 41 heavy (non-hydrogen) atoms. The summed E-state index contributed by atoms with van der Waals surface area (Å²) in [5.41, 5.74) is 1.87. The van der Waals surface area contributed by atoms with Crippen LogP contribution in [0.15, 0.2) is 24.4 Å². The molecule has 3 aromatic rings.